The quantitative estimate of drug-likeness (QED) is 0.252. The van der Waals surface area contributed by atoms with Gasteiger partial charge in [0.05, 0.1) is 27.8 Å². The van der Waals surface area contributed by atoms with Crippen LogP contribution in [0.2, 0.25) is 5.02 Å². The number of aromatic hydroxyl groups is 2. The van der Waals surface area contributed by atoms with Crippen molar-refractivity contribution in [3.05, 3.63) is 82.9 Å². The van der Waals surface area contributed by atoms with E-state index in [0.29, 0.717) is 11.1 Å². The van der Waals surface area contributed by atoms with Crippen LogP contribution in [0.15, 0.2) is 71.6 Å². The summed E-state index contributed by atoms with van der Waals surface area (Å²) in [4.78, 5) is 0.0363. The van der Waals surface area contributed by atoms with E-state index in [-0.39, 0.29) is 33.6 Å². The minimum atomic E-state index is -3.92. The number of sulfonamides is 1. The van der Waals surface area contributed by atoms with Gasteiger partial charge in [-0.2, -0.15) is 0 Å². The lowest BCUT2D eigenvalue weighted by atomic mass is 10.0. The Bertz CT molecular complexity index is 1210. The van der Waals surface area contributed by atoms with Gasteiger partial charge in [-0.15, -0.1) is 0 Å². The van der Waals surface area contributed by atoms with Crippen LogP contribution in [-0.2, 0) is 10.0 Å². The fourth-order valence-corrected chi connectivity index (χ4v) is 4.44. The first kappa shape index (κ1) is 24.8. The molecule has 0 bridgehead atoms. The average Bonchev–Trinajstić information content (AvgIpc) is 2.80. The molecule has 0 aromatic heterocycles. The van der Waals surface area contributed by atoms with Crippen LogP contribution >= 0.6 is 11.6 Å². The summed E-state index contributed by atoms with van der Waals surface area (Å²) in [7, 11) is -3.92. The van der Waals surface area contributed by atoms with Gasteiger partial charge < -0.3 is 25.7 Å². The second kappa shape index (κ2) is 10.4. The van der Waals surface area contributed by atoms with Crippen LogP contribution in [-0.4, -0.2) is 41.4 Å². The van der Waals surface area contributed by atoms with Gasteiger partial charge in [-0.3, -0.25) is 4.72 Å². The molecule has 0 radical (unpaired) electrons. The maximum Gasteiger partial charge on any atom is 0.262 e. The topological polar surface area (TPSA) is 139 Å². The Kier molecular flexibility index (Phi) is 7.83. The second-order valence-corrected chi connectivity index (χ2v) is 9.65. The van der Waals surface area contributed by atoms with Crippen molar-refractivity contribution < 1.29 is 28.8 Å². The van der Waals surface area contributed by atoms with E-state index in [9.17, 15) is 28.8 Å². The molecule has 6 N–H and O–H groups in total. The van der Waals surface area contributed by atoms with Crippen molar-refractivity contribution in [2.45, 2.75) is 30.1 Å². The zero-order valence-corrected chi connectivity index (χ0v) is 19.3. The Morgan fingerprint density at radius 1 is 0.909 bits per heavy atom. The molecule has 0 aliphatic heterocycles. The summed E-state index contributed by atoms with van der Waals surface area (Å²) in [6.45, 7) is 1.76. The normalized spacial score (nSPS) is 14.4. The summed E-state index contributed by atoms with van der Waals surface area (Å²) in [5.74, 6) is -0.374. The number of benzene rings is 3. The molecule has 176 valence electrons. The zero-order valence-electron chi connectivity index (χ0n) is 17.7. The van der Waals surface area contributed by atoms with E-state index in [1.54, 1.807) is 31.2 Å². The first-order chi connectivity index (χ1) is 15.6. The van der Waals surface area contributed by atoms with Crippen LogP contribution in [0.1, 0.15) is 30.3 Å². The lowest BCUT2D eigenvalue weighted by molar-refractivity contribution is 0.116. The largest absolute Gasteiger partial charge is 0.506 e. The predicted octanol–water partition coefficient (Wildman–Crippen LogP) is 3.30. The van der Waals surface area contributed by atoms with Gasteiger partial charge in [0.15, 0.2) is 0 Å². The van der Waals surface area contributed by atoms with Crippen LogP contribution in [0.5, 0.6) is 11.5 Å². The highest BCUT2D eigenvalue weighted by Gasteiger charge is 2.20. The van der Waals surface area contributed by atoms with E-state index in [1.807, 2.05) is 0 Å². The third-order valence-electron chi connectivity index (χ3n) is 5.12. The van der Waals surface area contributed by atoms with Crippen LogP contribution < -0.4 is 10.0 Å². The van der Waals surface area contributed by atoms with Gasteiger partial charge in [0, 0.05) is 12.6 Å². The standard InChI is InChI=1S/C23H25ClN2O6S/c1-14(23(30)16-8-9-20(27)18(24)11-16)25-13-22(29)15-7-10-21(28)19(12-15)26-33(31,32)17-5-3-2-4-6-17/h2-12,14,22-23,25-30H,13H2,1H3/t14?,22-,23?/m0/s1. The van der Waals surface area contributed by atoms with Crippen LogP contribution in [0.3, 0.4) is 0 Å². The molecule has 3 aromatic carbocycles. The first-order valence-corrected chi connectivity index (χ1v) is 11.9. The third-order valence-corrected chi connectivity index (χ3v) is 6.81. The van der Waals surface area contributed by atoms with Crippen LogP contribution in [0.4, 0.5) is 5.69 Å². The van der Waals surface area contributed by atoms with Crippen molar-refractivity contribution in [3.63, 3.8) is 0 Å². The minimum Gasteiger partial charge on any atom is -0.506 e. The molecule has 0 amide bonds. The Balaban J connectivity index is 1.67. The van der Waals surface area contributed by atoms with Gasteiger partial charge in [-0.05, 0) is 54.4 Å². The van der Waals surface area contributed by atoms with Gasteiger partial charge in [0.25, 0.3) is 10.0 Å². The Morgan fingerprint density at radius 3 is 2.21 bits per heavy atom. The number of hydrogen-bond acceptors (Lipinski definition) is 7. The van der Waals surface area contributed by atoms with Gasteiger partial charge >= 0.3 is 0 Å². The van der Waals surface area contributed by atoms with E-state index in [1.165, 1.54) is 42.5 Å². The molecule has 0 saturated carbocycles. The van der Waals surface area contributed by atoms with Gasteiger partial charge in [0.1, 0.15) is 11.5 Å². The lowest BCUT2D eigenvalue weighted by Gasteiger charge is -2.23. The van der Waals surface area contributed by atoms with Crippen molar-refractivity contribution in [2.24, 2.45) is 0 Å². The molecule has 0 aliphatic rings. The van der Waals surface area contributed by atoms with E-state index in [2.05, 4.69) is 10.0 Å². The van der Waals surface area contributed by atoms with Gasteiger partial charge in [-0.1, -0.05) is 41.9 Å². The number of nitrogens with one attached hydrogen (secondary N) is 2. The number of aliphatic hydroxyl groups is 2. The number of hydrogen-bond donors (Lipinski definition) is 6. The minimum absolute atomic E-state index is 0.0363. The van der Waals surface area contributed by atoms with Crippen molar-refractivity contribution in [1.82, 2.24) is 5.32 Å². The Hall–Kier alpha value is -2.82. The smallest absolute Gasteiger partial charge is 0.262 e. The van der Waals surface area contributed by atoms with E-state index < -0.39 is 28.3 Å². The first-order valence-electron chi connectivity index (χ1n) is 10.1. The van der Waals surface area contributed by atoms with E-state index in [0.717, 1.165) is 0 Å². The zero-order chi connectivity index (χ0) is 24.2. The lowest BCUT2D eigenvalue weighted by Crippen LogP contribution is -2.35. The molecule has 3 aromatic rings. The fourth-order valence-electron chi connectivity index (χ4n) is 3.17. The summed E-state index contributed by atoms with van der Waals surface area (Å²) >= 11 is 5.89. The molecule has 0 aliphatic carbocycles. The average molecular weight is 493 g/mol. The maximum absolute atomic E-state index is 12.6. The summed E-state index contributed by atoms with van der Waals surface area (Å²) in [5, 5.41) is 43.8. The summed E-state index contributed by atoms with van der Waals surface area (Å²) in [5.41, 5.74) is 0.789. The number of halogens is 1. The van der Waals surface area contributed by atoms with Crippen molar-refractivity contribution in [1.29, 1.82) is 0 Å². The third kappa shape index (κ3) is 6.16. The summed E-state index contributed by atoms with van der Waals surface area (Å²) < 4.78 is 27.4. The molecule has 33 heavy (non-hydrogen) atoms. The van der Waals surface area contributed by atoms with Crippen molar-refractivity contribution >= 4 is 27.3 Å². The molecule has 3 atom stereocenters. The van der Waals surface area contributed by atoms with Gasteiger partial charge in [0.2, 0.25) is 0 Å². The number of aliphatic hydroxyl groups excluding tert-OH is 2. The molecule has 0 saturated heterocycles. The monoisotopic (exact) mass is 492 g/mol. The molecule has 8 nitrogen and oxygen atoms in total. The fraction of sp³-hybridized carbons (Fsp3) is 0.217. The molecule has 0 fully saturated rings. The van der Waals surface area contributed by atoms with Crippen LogP contribution in [0, 0.1) is 0 Å². The van der Waals surface area contributed by atoms with Crippen molar-refractivity contribution in [2.75, 3.05) is 11.3 Å². The molecule has 0 heterocycles. The highest BCUT2D eigenvalue weighted by atomic mass is 35.5. The Labute approximate surface area is 197 Å². The number of phenolic OH excluding ortho intramolecular Hbond substituents is 2. The molecule has 10 heteroatoms. The van der Waals surface area contributed by atoms with E-state index >= 15 is 0 Å². The molecule has 3 rings (SSSR count). The molecular formula is C23H25ClN2O6S. The SMILES string of the molecule is CC(NC[C@H](O)c1ccc(O)c(NS(=O)(=O)c2ccccc2)c1)C(O)c1ccc(O)c(Cl)c1. The molecule has 0 spiro atoms. The Morgan fingerprint density at radius 2 is 1.55 bits per heavy atom. The van der Waals surface area contributed by atoms with Gasteiger partial charge in [-0.25, -0.2) is 8.42 Å². The van der Waals surface area contributed by atoms with E-state index in [4.69, 9.17) is 11.6 Å². The number of phenols is 2. The predicted molar refractivity (Wildman–Crippen MR) is 126 cm³/mol. The highest BCUT2D eigenvalue weighted by molar-refractivity contribution is 7.92. The summed E-state index contributed by atoms with van der Waals surface area (Å²) in [6, 6.07) is 15.7. The second-order valence-electron chi connectivity index (χ2n) is 7.56. The highest BCUT2D eigenvalue weighted by Crippen LogP contribution is 2.30. The van der Waals surface area contributed by atoms with Crippen molar-refractivity contribution in [3.8, 4) is 11.5 Å². The summed E-state index contributed by atoms with van der Waals surface area (Å²) in [6.07, 6.45) is -2.01. The number of rotatable bonds is 9. The van der Waals surface area contributed by atoms with Crippen LogP contribution in [0.25, 0.3) is 0 Å². The maximum atomic E-state index is 12.6. The molecular weight excluding hydrogens is 468 g/mol. The number of anilines is 1. The molecule has 2 unspecified atom stereocenters.